The third kappa shape index (κ3) is 3.09. The Labute approximate surface area is 132 Å². The van der Waals surface area contributed by atoms with E-state index in [0.717, 1.165) is 27.2 Å². The van der Waals surface area contributed by atoms with E-state index in [4.69, 9.17) is 9.15 Å². The molecule has 0 bridgehead atoms. The first-order chi connectivity index (χ1) is 10.6. The van der Waals surface area contributed by atoms with Gasteiger partial charge in [0.1, 0.15) is 18.0 Å². The largest absolute Gasteiger partial charge is 0.457 e. The first-order valence-electron chi connectivity index (χ1n) is 6.87. The SMILES string of the molecule is Cc1nc(/C=C/C(=O)OCc2oc3ccccc3c2C)cs1. The molecule has 0 spiro atoms. The summed E-state index contributed by atoms with van der Waals surface area (Å²) in [5.74, 6) is 0.262. The van der Waals surface area contributed by atoms with Crippen LogP contribution in [0.15, 0.2) is 40.1 Å². The zero-order chi connectivity index (χ0) is 15.5. The van der Waals surface area contributed by atoms with Crippen molar-refractivity contribution >= 4 is 34.4 Å². The summed E-state index contributed by atoms with van der Waals surface area (Å²) >= 11 is 1.54. The number of nitrogens with zero attached hydrogens (tertiary/aromatic N) is 1. The van der Waals surface area contributed by atoms with Gasteiger partial charge in [0.2, 0.25) is 0 Å². The zero-order valence-electron chi connectivity index (χ0n) is 12.3. The Hall–Kier alpha value is -2.40. The monoisotopic (exact) mass is 313 g/mol. The van der Waals surface area contributed by atoms with Crippen molar-refractivity contribution in [3.63, 3.8) is 0 Å². The smallest absolute Gasteiger partial charge is 0.331 e. The van der Waals surface area contributed by atoms with Gasteiger partial charge in [0, 0.05) is 22.4 Å². The Bertz CT molecular complexity index is 845. The average molecular weight is 313 g/mol. The quantitative estimate of drug-likeness (QED) is 0.533. The molecule has 0 aliphatic rings. The maximum absolute atomic E-state index is 11.7. The van der Waals surface area contributed by atoms with Gasteiger partial charge in [-0.25, -0.2) is 9.78 Å². The molecule has 0 amide bonds. The van der Waals surface area contributed by atoms with Crippen LogP contribution in [0.3, 0.4) is 0 Å². The normalized spacial score (nSPS) is 11.4. The number of furan rings is 1. The van der Waals surface area contributed by atoms with Gasteiger partial charge in [-0.1, -0.05) is 18.2 Å². The second-order valence-electron chi connectivity index (χ2n) is 4.88. The summed E-state index contributed by atoms with van der Waals surface area (Å²) in [6.45, 7) is 4.01. The number of ether oxygens (including phenoxy) is 1. The van der Waals surface area contributed by atoms with Crippen LogP contribution in [0.2, 0.25) is 0 Å². The molecular weight excluding hydrogens is 298 g/mol. The third-order valence-electron chi connectivity index (χ3n) is 3.31. The first kappa shape index (κ1) is 14.5. The molecule has 1 aromatic carbocycles. The lowest BCUT2D eigenvalue weighted by atomic mass is 10.1. The van der Waals surface area contributed by atoms with Crippen LogP contribution < -0.4 is 0 Å². The van der Waals surface area contributed by atoms with E-state index in [0.29, 0.717) is 5.76 Å². The van der Waals surface area contributed by atoms with Crippen LogP contribution in [0.4, 0.5) is 0 Å². The van der Waals surface area contributed by atoms with Gasteiger partial charge in [0.25, 0.3) is 0 Å². The number of carbonyl (C=O) groups is 1. The van der Waals surface area contributed by atoms with Crippen LogP contribution in [0.25, 0.3) is 17.0 Å². The minimum absolute atomic E-state index is 0.125. The molecule has 0 unspecified atom stereocenters. The van der Waals surface area contributed by atoms with Crippen LogP contribution in [0.1, 0.15) is 22.0 Å². The van der Waals surface area contributed by atoms with Crippen molar-refractivity contribution in [2.45, 2.75) is 20.5 Å². The third-order valence-corrected chi connectivity index (χ3v) is 4.11. The highest BCUT2D eigenvalue weighted by Gasteiger charge is 2.11. The van der Waals surface area contributed by atoms with Gasteiger partial charge in [-0.3, -0.25) is 0 Å². The minimum atomic E-state index is -0.412. The van der Waals surface area contributed by atoms with E-state index in [1.54, 1.807) is 17.4 Å². The Balaban J connectivity index is 1.65. The fourth-order valence-corrected chi connectivity index (χ4v) is 2.74. The van der Waals surface area contributed by atoms with Crippen molar-refractivity contribution in [3.05, 3.63) is 57.7 Å². The summed E-state index contributed by atoms with van der Waals surface area (Å²) in [5, 5.41) is 3.90. The molecule has 0 fully saturated rings. The lowest BCUT2D eigenvalue weighted by Crippen LogP contribution is -2.00. The number of aromatic nitrogens is 1. The topological polar surface area (TPSA) is 52.3 Å². The van der Waals surface area contributed by atoms with Gasteiger partial charge in [0.15, 0.2) is 0 Å². The van der Waals surface area contributed by atoms with Crippen LogP contribution in [0.5, 0.6) is 0 Å². The van der Waals surface area contributed by atoms with E-state index in [-0.39, 0.29) is 6.61 Å². The molecule has 2 aromatic heterocycles. The van der Waals surface area contributed by atoms with Crippen molar-refractivity contribution in [2.24, 2.45) is 0 Å². The van der Waals surface area contributed by atoms with Gasteiger partial charge in [-0.15, -0.1) is 11.3 Å². The first-order valence-corrected chi connectivity index (χ1v) is 7.75. The molecule has 112 valence electrons. The molecule has 0 saturated heterocycles. The van der Waals surface area contributed by atoms with Crippen LogP contribution in [-0.2, 0) is 16.1 Å². The Kier molecular flexibility index (Phi) is 4.06. The summed E-state index contributed by atoms with van der Waals surface area (Å²) in [7, 11) is 0. The summed E-state index contributed by atoms with van der Waals surface area (Å²) in [5.41, 5.74) is 2.57. The summed E-state index contributed by atoms with van der Waals surface area (Å²) in [6.07, 6.45) is 3.03. The van der Waals surface area contributed by atoms with E-state index in [1.807, 2.05) is 43.5 Å². The Morgan fingerprint density at radius 2 is 2.18 bits per heavy atom. The minimum Gasteiger partial charge on any atom is -0.457 e. The molecule has 0 atom stereocenters. The van der Waals surface area contributed by atoms with Gasteiger partial charge in [-0.05, 0) is 26.0 Å². The van der Waals surface area contributed by atoms with E-state index >= 15 is 0 Å². The Morgan fingerprint density at radius 3 is 2.91 bits per heavy atom. The van der Waals surface area contributed by atoms with Crippen LogP contribution in [0, 0.1) is 13.8 Å². The lowest BCUT2D eigenvalue weighted by Gasteiger charge is -1.99. The molecule has 0 aliphatic heterocycles. The van der Waals surface area contributed by atoms with Gasteiger partial charge < -0.3 is 9.15 Å². The lowest BCUT2D eigenvalue weighted by molar-refractivity contribution is -0.139. The van der Waals surface area contributed by atoms with E-state index < -0.39 is 5.97 Å². The van der Waals surface area contributed by atoms with Crippen molar-refractivity contribution in [2.75, 3.05) is 0 Å². The maximum atomic E-state index is 11.7. The molecular formula is C17H15NO3S. The highest BCUT2D eigenvalue weighted by Crippen LogP contribution is 2.25. The van der Waals surface area contributed by atoms with Crippen molar-refractivity contribution in [1.29, 1.82) is 0 Å². The number of hydrogen-bond donors (Lipinski definition) is 0. The summed E-state index contributed by atoms with van der Waals surface area (Å²) < 4.78 is 10.9. The maximum Gasteiger partial charge on any atom is 0.331 e. The summed E-state index contributed by atoms with van der Waals surface area (Å²) in [6, 6.07) is 7.76. The van der Waals surface area contributed by atoms with Crippen molar-refractivity contribution in [1.82, 2.24) is 4.98 Å². The molecule has 2 heterocycles. The average Bonchev–Trinajstić information content (AvgIpc) is 3.07. The van der Waals surface area contributed by atoms with E-state index in [2.05, 4.69) is 4.98 Å². The number of benzene rings is 1. The summed E-state index contributed by atoms with van der Waals surface area (Å²) in [4.78, 5) is 16.0. The van der Waals surface area contributed by atoms with Gasteiger partial charge >= 0.3 is 5.97 Å². The molecule has 0 saturated carbocycles. The molecule has 3 rings (SSSR count). The fraction of sp³-hybridized carbons (Fsp3) is 0.176. The molecule has 0 radical (unpaired) electrons. The molecule has 0 N–H and O–H groups in total. The van der Waals surface area contributed by atoms with Crippen molar-refractivity contribution in [3.8, 4) is 0 Å². The number of esters is 1. The molecule has 0 aliphatic carbocycles. The van der Waals surface area contributed by atoms with Crippen LogP contribution in [-0.4, -0.2) is 11.0 Å². The number of fused-ring (bicyclic) bond motifs is 1. The van der Waals surface area contributed by atoms with E-state index in [1.165, 1.54) is 6.08 Å². The van der Waals surface area contributed by atoms with Gasteiger partial charge in [0.05, 0.1) is 10.7 Å². The predicted octanol–water partition coefficient (Wildman–Crippen LogP) is 4.26. The second-order valence-corrected chi connectivity index (χ2v) is 5.94. The Morgan fingerprint density at radius 1 is 1.36 bits per heavy atom. The molecule has 5 heteroatoms. The number of para-hydroxylation sites is 1. The highest BCUT2D eigenvalue weighted by molar-refractivity contribution is 7.09. The number of carbonyl (C=O) groups excluding carboxylic acids is 1. The molecule has 3 aromatic rings. The zero-order valence-corrected chi connectivity index (χ0v) is 13.1. The highest BCUT2D eigenvalue weighted by atomic mass is 32.1. The number of thiazole rings is 1. The molecule has 22 heavy (non-hydrogen) atoms. The standard InChI is InChI=1S/C17H15NO3S/c1-11-14-5-3-4-6-15(14)21-16(11)9-20-17(19)8-7-13-10-22-12(2)18-13/h3-8,10H,9H2,1-2H3/b8-7+. The van der Waals surface area contributed by atoms with E-state index in [9.17, 15) is 4.79 Å². The van der Waals surface area contributed by atoms with Crippen LogP contribution >= 0.6 is 11.3 Å². The number of rotatable bonds is 4. The fourth-order valence-electron chi connectivity index (χ4n) is 2.16. The number of hydrogen-bond acceptors (Lipinski definition) is 5. The van der Waals surface area contributed by atoms with Crippen molar-refractivity contribution < 1.29 is 13.9 Å². The number of aryl methyl sites for hydroxylation is 2. The predicted molar refractivity (Wildman–Crippen MR) is 86.6 cm³/mol. The van der Waals surface area contributed by atoms with Gasteiger partial charge in [-0.2, -0.15) is 0 Å². The molecule has 4 nitrogen and oxygen atoms in total. The second kappa shape index (κ2) is 6.15.